The van der Waals surface area contributed by atoms with E-state index in [2.05, 4.69) is 10.3 Å². The van der Waals surface area contributed by atoms with Crippen LogP contribution >= 0.6 is 0 Å². The molecule has 0 saturated carbocycles. The summed E-state index contributed by atoms with van der Waals surface area (Å²) in [5.74, 6) is -0.526. The molecule has 196 valence electrons. The molecular formula is C31H27N3O5. The van der Waals surface area contributed by atoms with Crippen molar-refractivity contribution in [3.8, 4) is 17.0 Å². The van der Waals surface area contributed by atoms with Gasteiger partial charge in [-0.25, -0.2) is 9.59 Å². The lowest BCUT2D eigenvalue weighted by Crippen LogP contribution is -2.20. The number of imidazole rings is 1. The number of aryl methyl sites for hydroxylation is 1. The van der Waals surface area contributed by atoms with Gasteiger partial charge in [-0.1, -0.05) is 66.7 Å². The van der Waals surface area contributed by atoms with Gasteiger partial charge in [0.2, 0.25) is 5.88 Å². The molecule has 0 bridgehead atoms. The van der Waals surface area contributed by atoms with Crippen molar-refractivity contribution in [3.05, 3.63) is 120 Å². The number of carbonyl (C=O) groups is 2. The van der Waals surface area contributed by atoms with E-state index in [4.69, 9.17) is 9.47 Å². The second-order valence-corrected chi connectivity index (χ2v) is 8.90. The number of para-hydroxylation sites is 1. The zero-order valence-electron chi connectivity index (χ0n) is 21.5. The molecule has 0 saturated heterocycles. The van der Waals surface area contributed by atoms with E-state index in [1.165, 1.54) is 0 Å². The van der Waals surface area contributed by atoms with Gasteiger partial charge in [0.15, 0.2) is 6.10 Å². The Labute approximate surface area is 225 Å². The van der Waals surface area contributed by atoms with Crippen LogP contribution in [-0.2, 0) is 4.74 Å². The van der Waals surface area contributed by atoms with Crippen LogP contribution in [0.5, 0.6) is 5.88 Å². The summed E-state index contributed by atoms with van der Waals surface area (Å²) in [6.45, 7) is 4.31. The normalized spacial score (nSPS) is 11.6. The van der Waals surface area contributed by atoms with Crippen LogP contribution in [0, 0.1) is 6.92 Å². The summed E-state index contributed by atoms with van der Waals surface area (Å²) in [4.78, 5) is 29.4. The molecule has 1 unspecified atom stereocenters. The van der Waals surface area contributed by atoms with Gasteiger partial charge in [-0.2, -0.15) is 4.98 Å². The number of nitrogens with zero attached hydrogens (tertiary/aromatic N) is 2. The zero-order valence-corrected chi connectivity index (χ0v) is 21.5. The van der Waals surface area contributed by atoms with Gasteiger partial charge >= 0.3 is 12.1 Å². The first-order valence-electron chi connectivity index (χ1n) is 12.5. The molecule has 1 amide bonds. The van der Waals surface area contributed by atoms with E-state index in [1.54, 1.807) is 42.6 Å². The lowest BCUT2D eigenvalue weighted by Gasteiger charge is -2.21. The fraction of sp³-hybridized carbons (Fsp3) is 0.129. The van der Waals surface area contributed by atoms with Crippen molar-refractivity contribution < 1.29 is 24.2 Å². The maximum Gasteiger partial charge on any atom is 0.412 e. The van der Waals surface area contributed by atoms with Gasteiger partial charge in [0.1, 0.15) is 5.65 Å². The quantitative estimate of drug-likeness (QED) is 0.234. The molecule has 3 aromatic carbocycles. The van der Waals surface area contributed by atoms with Crippen molar-refractivity contribution in [2.24, 2.45) is 0 Å². The molecule has 2 heterocycles. The lowest BCUT2D eigenvalue weighted by molar-refractivity contribution is 0.0697. The van der Waals surface area contributed by atoms with Gasteiger partial charge in [0.05, 0.1) is 24.1 Å². The Bertz CT molecular complexity index is 1630. The summed E-state index contributed by atoms with van der Waals surface area (Å²) in [5.41, 5.74) is 5.17. The Kier molecular flexibility index (Phi) is 7.27. The van der Waals surface area contributed by atoms with Gasteiger partial charge in [-0.05, 0) is 60.4 Å². The molecule has 2 N–H and O–H groups in total. The highest BCUT2D eigenvalue weighted by atomic mass is 16.6. The number of fused-ring (bicyclic) bond motifs is 1. The van der Waals surface area contributed by atoms with Gasteiger partial charge < -0.3 is 14.6 Å². The number of ether oxygens (including phenoxy) is 2. The molecule has 0 aliphatic heterocycles. The van der Waals surface area contributed by atoms with Crippen molar-refractivity contribution in [2.75, 3.05) is 11.9 Å². The van der Waals surface area contributed by atoms with Crippen molar-refractivity contribution in [1.29, 1.82) is 0 Å². The first-order valence-corrected chi connectivity index (χ1v) is 12.5. The molecule has 39 heavy (non-hydrogen) atoms. The van der Waals surface area contributed by atoms with Crippen LogP contribution in [0.25, 0.3) is 16.8 Å². The van der Waals surface area contributed by atoms with E-state index in [-0.39, 0.29) is 5.56 Å². The Hall–Kier alpha value is -5.11. The number of anilines is 1. The molecule has 8 nitrogen and oxygen atoms in total. The van der Waals surface area contributed by atoms with E-state index < -0.39 is 18.2 Å². The molecule has 8 heteroatoms. The fourth-order valence-corrected chi connectivity index (χ4v) is 4.46. The lowest BCUT2D eigenvalue weighted by atomic mass is 9.97. The molecule has 0 spiro atoms. The van der Waals surface area contributed by atoms with E-state index >= 15 is 0 Å². The third kappa shape index (κ3) is 5.45. The van der Waals surface area contributed by atoms with Crippen LogP contribution in [0.1, 0.15) is 40.2 Å². The summed E-state index contributed by atoms with van der Waals surface area (Å²) in [6.07, 6.45) is 0.360. The molecule has 0 aliphatic rings. The van der Waals surface area contributed by atoms with Crippen molar-refractivity contribution >= 4 is 23.4 Å². The summed E-state index contributed by atoms with van der Waals surface area (Å²) in [7, 11) is 0. The van der Waals surface area contributed by atoms with E-state index in [9.17, 15) is 14.7 Å². The zero-order chi connectivity index (χ0) is 27.4. The Morgan fingerprint density at radius 2 is 1.67 bits per heavy atom. The fourth-order valence-electron chi connectivity index (χ4n) is 4.46. The molecule has 0 aliphatic carbocycles. The first-order chi connectivity index (χ1) is 18.9. The van der Waals surface area contributed by atoms with Crippen LogP contribution in [-0.4, -0.2) is 33.2 Å². The number of pyridine rings is 1. The van der Waals surface area contributed by atoms with E-state index in [1.807, 2.05) is 72.8 Å². The van der Waals surface area contributed by atoms with Crippen LogP contribution < -0.4 is 10.1 Å². The number of carboxylic acid groups (broad SMARTS) is 1. The van der Waals surface area contributed by atoms with Crippen LogP contribution in [0.3, 0.4) is 0 Å². The maximum atomic E-state index is 13.0. The SMILES string of the molecule is CCOc1cn2c(C(OC(=O)Nc3ccccc3)c3ccc(-c4ccccc4C(=O)O)cc3)ccc(C)c2n1. The largest absolute Gasteiger partial charge is 0.478 e. The highest BCUT2D eigenvalue weighted by molar-refractivity contribution is 5.96. The second-order valence-electron chi connectivity index (χ2n) is 8.90. The highest BCUT2D eigenvalue weighted by Crippen LogP contribution is 2.32. The van der Waals surface area contributed by atoms with Gasteiger partial charge in [0, 0.05) is 5.69 Å². The summed E-state index contributed by atoms with van der Waals surface area (Å²) in [5, 5.41) is 12.4. The Morgan fingerprint density at radius 1 is 0.949 bits per heavy atom. The highest BCUT2D eigenvalue weighted by Gasteiger charge is 2.24. The number of aromatic carboxylic acids is 1. The van der Waals surface area contributed by atoms with Crippen molar-refractivity contribution in [1.82, 2.24) is 9.38 Å². The van der Waals surface area contributed by atoms with Crippen molar-refractivity contribution in [3.63, 3.8) is 0 Å². The number of carbonyl (C=O) groups excluding carboxylic acids is 1. The van der Waals surface area contributed by atoms with Crippen LogP contribution in [0.4, 0.5) is 10.5 Å². The average Bonchev–Trinajstić information content (AvgIpc) is 3.38. The summed E-state index contributed by atoms with van der Waals surface area (Å²) >= 11 is 0. The van der Waals surface area contributed by atoms with Crippen LogP contribution in [0.15, 0.2) is 97.2 Å². The molecule has 1 atom stereocenters. The Morgan fingerprint density at radius 3 is 2.38 bits per heavy atom. The number of benzene rings is 3. The Balaban J connectivity index is 1.56. The van der Waals surface area contributed by atoms with Crippen molar-refractivity contribution in [2.45, 2.75) is 20.0 Å². The first kappa shape index (κ1) is 25.5. The number of amides is 1. The number of aromatic nitrogens is 2. The second kappa shape index (κ2) is 11.1. The maximum absolute atomic E-state index is 13.0. The number of hydrogen-bond acceptors (Lipinski definition) is 5. The molecule has 2 aromatic heterocycles. The van der Waals surface area contributed by atoms with Crippen LogP contribution in [0.2, 0.25) is 0 Å². The van der Waals surface area contributed by atoms with E-state index in [0.717, 1.165) is 11.1 Å². The topological polar surface area (TPSA) is 102 Å². The standard InChI is InChI=1S/C31H27N3O5/c1-3-38-27-19-34-26(18-13-20(2)29(34)33-27)28(39-31(37)32-23-9-5-4-6-10-23)22-16-14-21(15-17-22)24-11-7-8-12-25(24)30(35)36/h4-19,28H,3H2,1-2H3,(H,32,37)(H,35,36). The minimum Gasteiger partial charge on any atom is -0.478 e. The summed E-state index contributed by atoms with van der Waals surface area (Å²) < 4.78 is 13.5. The predicted octanol–water partition coefficient (Wildman–Crippen LogP) is 6.74. The summed E-state index contributed by atoms with van der Waals surface area (Å²) in [6, 6.07) is 27.0. The number of carboxylic acids is 1. The third-order valence-electron chi connectivity index (χ3n) is 6.31. The minimum absolute atomic E-state index is 0.211. The van der Waals surface area contributed by atoms with E-state index in [0.29, 0.717) is 40.6 Å². The molecule has 0 radical (unpaired) electrons. The molecule has 0 fully saturated rings. The predicted molar refractivity (Wildman–Crippen MR) is 148 cm³/mol. The number of nitrogens with one attached hydrogen (secondary N) is 1. The van der Waals surface area contributed by atoms with Gasteiger partial charge in [-0.15, -0.1) is 0 Å². The number of hydrogen-bond donors (Lipinski definition) is 2. The molecule has 5 aromatic rings. The van der Waals surface area contributed by atoms with Gasteiger partial charge in [-0.3, -0.25) is 9.72 Å². The average molecular weight is 522 g/mol. The third-order valence-corrected chi connectivity index (χ3v) is 6.31. The van der Waals surface area contributed by atoms with Gasteiger partial charge in [0.25, 0.3) is 0 Å². The molecular weight excluding hydrogens is 494 g/mol. The number of rotatable bonds is 8. The minimum atomic E-state index is -0.999. The molecule has 5 rings (SSSR count). The monoisotopic (exact) mass is 521 g/mol. The smallest absolute Gasteiger partial charge is 0.412 e.